The third-order valence-electron chi connectivity index (χ3n) is 5.30. The molecule has 4 rings (SSSR count). The number of nitrogens with zero attached hydrogens (tertiary/aromatic N) is 6. The fourth-order valence-corrected chi connectivity index (χ4v) is 4.51. The van der Waals surface area contributed by atoms with Gasteiger partial charge in [-0.2, -0.15) is 9.47 Å². The fourth-order valence-electron chi connectivity index (χ4n) is 3.71. The molecule has 1 N–H and O–H groups in total. The first kappa shape index (κ1) is 18.4. The normalized spacial score (nSPS) is 21.3. The Morgan fingerprint density at radius 3 is 3.00 bits per heavy atom. The van der Waals surface area contributed by atoms with Crippen molar-refractivity contribution in [3.63, 3.8) is 0 Å². The molecule has 1 atom stereocenters. The number of aryl methyl sites for hydroxylation is 1. The van der Waals surface area contributed by atoms with E-state index in [2.05, 4.69) is 31.6 Å². The highest BCUT2D eigenvalue weighted by atomic mass is 32.1. The number of rotatable bonds is 4. The maximum Gasteiger partial charge on any atom is 0.274 e. The molecule has 2 aromatic heterocycles. The zero-order valence-corrected chi connectivity index (χ0v) is 16.6. The SMILES string of the molecule is CCc1nsc(N2CCCN(C(=O)c3ccn(C4CCCNC4)n3)CC2)n1. The predicted molar refractivity (Wildman–Crippen MR) is 105 cm³/mol. The van der Waals surface area contributed by atoms with E-state index >= 15 is 0 Å². The number of carbonyl (C=O) groups is 1. The van der Waals surface area contributed by atoms with Crippen molar-refractivity contribution in [2.45, 2.75) is 38.6 Å². The molecule has 2 aliphatic heterocycles. The Labute approximate surface area is 163 Å². The van der Waals surface area contributed by atoms with E-state index in [1.165, 1.54) is 11.5 Å². The van der Waals surface area contributed by atoms with Crippen molar-refractivity contribution in [2.24, 2.45) is 0 Å². The minimum Gasteiger partial charge on any atom is -0.345 e. The lowest BCUT2D eigenvalue weighted by Crippen LogP contribution is -2.36. The van der Waals surface area contributed by atoms with Crippen LogP contribution in [-0.2, 0) is 6.42 Å². The predicted octanol–water partition coefficient (Wildman–Crippen LogP) is 1.57. The van der Waals surface area contributed by atoms with Crippen LogP contribution in [0.5, 0.6) is 0 Å². The number of hydrogen-bond acceptors (Lipinski definition) is 7. The quantitative estimate of drug-likeness (QED) is 0.855. The van der Waals surface area contributed by atoms with Gasteiger partial charge >= 0.3 is 0 Å². The van der Waals surface area contributed by atoms with E-state index in [-0.39, 0.29) is 5.91 Å². The minimum atomic E-state index is 0.0332. The smallest absolute Gasteiger partial charge is 0.274 e. The highest BCUT2D eigenvalue weighted by Crippen LogP contribution is 2.20. The van der Waals surface area contributed by atoms with Crippen molar-refractivity contribution < 1.29 is 4.79 Å². The molecule has 0 aromatic carbocycles. The van der Waals surface area contributed by atoms with Crippen LogP contribution >= 0.6 is 11.5 Å². The molecule has 27 heavy (non-hydrogen) atoms. The zero-order chi connectivity index (χ0) is 18.6. The largest absolute Gasteiger partial charge is 0.345 e. The van der Waals surface area contributed by atoms with Crippen LogP contribution in [0.3, 0.4) is 0 Å². The van der Waals surface area contributed by atoms with Crippen molar-refractivity contribution in [1.29, 1.82) is 0 Å². The molecule has 8 nitrogen and oxygen atoms in total. The molecule has 0 saturated carbocycles. The number of aromatic nitrogens is 4. The third kappa shape index (κ3) is 4.14. The Hall–Kier alpha value is -2.00. The average molecular weight is 390 g/mol. The van der Waals surface area contributed by atoms with E-state index in [1.54, 1.807) is 0 Å². The number of nitrogens with one attached hydrogen (secondary N) is 1. The van der Waals surface area contributed by atoms with Crippen molar-refractivity contribution in [3.8, 4) is 0 Å². The van der Waals surface area contributed by atoms with Crippen LogP contribution in [0.1, 0.15) is 48.5 Å². The van der Waals surface area contributed by atoms with Crippen LogP contribution in [0.4, 0.5) is 5.13 Å². The average Bonchev–Trinajstić information content (AvgIpc) is 3.33. The van der Waals surface area contributed by atoms with E-state index in [1.807, 2.05) is 21.8 Å². The Morgan fingerprint density at radius 2 is 2.22 bits per heavy atom. The number of hydrogen-bond donors (Lipinski definition) is 1. The van der Waals surface area contributed by atoms with Gasteiger partial charge in [0.05, 0.1) is 6.04 Å². The van der Waals surface area contributed by atoms with Crippen molar-refractivity contribution in [2.75, 3.05) is 44.2 Å². The molecule has 2 aliphatic rings. The first-order chi connectivity index (χ1) is 13.2. The van der Waals surface area contributed by atoms with Gasteiger partial charge in [0.1, 0.15) is 11.5 Å². The fraction of sp³-hybridized carbons (Fsp3) is 0.667. The highest BCUT2D eigenvalue weighted by molar-refractivity contribution is 7.09. The van der Waals surface area contributed by atoms with Gasteiger partial charge in [0, 0.05) is 56.9 Å². The van der Waals surface area contributed by atoms with Crippen molar-refractivity contribution in [1.82, 2.24) is 29.4 Å². The van der Waals surface area contributed by atoms with E-state index in [9.17, 15) is 4.79 Å². The molecule has 9 heteroatoms. The van der Waals surface area contributed by atoms with Gasteiger partial charge in [-0.15, -0.1) is 0 Å². The summed E-state index contributed by atoms with van der Waals surface area (Å²) in [6.45, 7) is 7.21. The number of carbonyl (C=O) groups excluding carboxylic acids is 1. The van der Waals surface area contributed by atoms with Gasteiger partial charge in [0.15, 0.2) is 0 Å². The summed E-state index contributed by atoms with van der Waals surface area (Å²) in [5.74, 6) is 0.931. The molecule has 0 aliphatic carbocycles. The molecule has 0 bridgehead atoms. The lowest BCUT2D eigenvalue weighted by atomic mass is 10.1. The van der Waals surface area contributed by atoms with Crippen LogP contribution in [0.2, 0.25) is 0 Å². The summed E-state index contributed by atoms with van der Waals surface area (Å²) < 4.78 is 6.34. The molecule has 0 radical (unpaired) electrons. The number of amides is 1. The second kappa shape index (κ2) is 8.35. The van der Waals surface area contributed by atoms with Crippen molar-refractivity contribution in [3.05, 3.63) is 23.8 Å². The molecular weight excluding hydrogens is 362 g/mol. The molecule has 1 unspecified atom stereocenters. The minimum absolute atomic E-state index is 0.0332. The summed E-state index contributed by atoms with van der Waals surface area (Å²) in [6, 6.07) is 2.21. The van der Waals surface area contributed by atoms with E-state index in [0.717, 1.165) is 69.4 Å². The summed E-state index contributed by atoms with van der Waals surface area (Å²) in [6.07, 6.45) is 6.00. The summed E-state index contributed by atoms with van der Waals surface area (Å²) >= 11 is 1.45. The first-order valence-corrected chi connectivity index (χ1v) is 10.6. The monoisotopic (exact) mass is 389 g/mol. The van der Waals surface area contributed by atoms with E-state index < -0.39 is 0 Å². The first-order valence-electron chi connectivity index (χ1n) is 9.87. The molecule has 2 fully saturated rings. The van der Waals surface area contributed by atoms with Gasteiger partial charge in [-0.1, -0.05) is 6.92 Å². The van der Waals surface area contributed by atoms with Gasteiger partial charge < -0.3 is 15.1 Å². The summed E-state index contributed by atoms with van der Waals surface area (Å²) in [5, 5.41) is 8.95. The summed E-state index contributed by atoms with van der Waals surface area (Å²) in [5.41, 5.74) is 0.554. The lowest BCUT2D eigenvalue weighted by Gasteiger charge is -2.23. The summed E-state index contributed by atoms with van der Waals surface area (Å²) in [7, 11) is 0. The maximum absolute atomic E-state index is 12.9. The van der Waals surface area contributed by atoms with Crippen LogP contribution < -0.4 is 10.2 Å². The second-order valence-electron chi connectivity index (χ2n) is 7.16. The van der Waals surface area contributed by atoms with Crippen LogP contribution in [0.25, 0.3) is 0 Å². The van der Waals surface area contributed by atoms with Crippen LogP contribution in [0.15, 0.2) is 12.3 Å². The number of piperidine rings is 1. The Morgan fingerprint density at radius 1 is 1.30 bits per heavy atom. The molecule has 1 amide bonds. The molecule has 2 saturated heterocycles. The lowest BCUT2D eigenvalue weighted by molar-refractivity contribution is 0.0759. The van der Waals surface area contributed by atoms with E-state index in [4.69, 9.17) is 0 Å². The van der Waals surface area contributed by atoms with Crippen molar-refractivity contribution >= 4 is 22.6 Å². The maximum atomic E-state index is 12.9. The van der Waals surface area contributed by atoms with Gasteiger partial charge in [-0.05, 0) is 31.9 Å². The standard InChI is InChI=1S/C18H27N7OS/c1-2-16-20-18(27-22-16)24-9-4-8-23(11-12-24)17(26)15-6-10-25(21-15)14-5-3-7-19-13-14/h6,10,14,19H,2-5,7-9,11-13H2,1H3. The highest BCUT2D eigenvalue weighted by Gasteiger charge is 2.24. The molecule has 2 aromatic rings. The van der Waals surface area contributed by atoms with E-state index in [0.29, 0.717) is 18.3 Å². The second-order valence-corrected chi connectivity index (χ2v) is 7.89. The zero-order valence-electron chi connectivity index (χ0n) is 15.8. The molecule has 146 valence electrons. The Balaban J connectivity index is 1.38. The van der Waals surface area contributed by atoms with Crippen LogP contribution in [0, 0.1) is 0 Å². The summed E-state index contributed by atoms with van der Waals surface area (Å²) in [4.78, 5) is 21.7. The third-order valence-corrected chi connectivity index (χ3v) is 6.11. The van der Waals surface area contributed by atoms with Gasteiger partial charge in [-0.3, -0.25) is 9.48 Å². The van der Waals surface area contributed by atoms with Gasteiger partial charge in [-0.25, -0.2) is 4.98 Å². The molecular formula is C18H27N7OS. The number of anilines is 1. The topological polar surface area (TPSA) is 79.2 Å². The van der Waals surface area contributed by atoms with Gasteiger partial charge in [0.2, 0.25) is 5.13 Å². The Bertz CT molecular complexity index is 767. The molecule has 4 heterocycles. The van der Waals surface area contributed by atoms with Crippen LogP contribution in [-0.4, -0.2) is 69.2 Å². The van der Waals surface area contributed by atoms with Gasteiger partial charge in [0.25, 0.3) is 5.91 Å². The Kier molecular flexibility index (Phi) is 5.68. The molecule has 0 spiro atoms.